The van der Waals surface area contributed by atoms with Gasteiger partial charge in [0.05, 0.1) is 16.3 Å². The lowest BCUT2D eigenvalue weighted by molar-refractivity contribution is 0.0702. The summed E-state index contributed by atoms with van der Waals surface area (Å²) in [5.41, 5.74) is 2.79. The van der Waals surface area contributed by atoms with Crippen LogP contribution in [0.2, 0.25) is 0 Å². The molecule has 7 heteroatoms. The number of fused-ring (bicyclic) bond motifs is 1. The number of thiophene rings is 1. The molecule has 132 valence electrons. The number of carboxylic acids is 1. The molecule has 3 heterocycles. The third-order valence-corrected chi connectivity index (χ3v) is 5.04. The predicted octanol–water partition coefficient (Wildman–Crippen LogP) is 3.53. The molecule has 0 radical (unpaired) electrons. The Bertz CT molecular complexity index is 954. The van der Waals surface area contributed by atoms with Crippen molar-refractivity contribution in [3.63, 3.8) is 0 Å². The SMILES string of the molecule is O=C(O)c1ccc(-c2cccc(CNCc3ccc4c(c3)OCO4)n2)s1. The largest absolute Gasteiger partial charge is 0.477 e. The van der Waals surface area contributed by atoms with Crippen molar-refractivity contribution in [1.82, 2.24) is 10.3 Å². The fraction of sp³-hybridized carbons (Fsp3) is 0.158. The summed E-state index contributed by atoms with van der Waals surface area (Å²) in [5, 5.41) is 12.4. The van der Waals surface area contributed by atoms with Crippen LogP contribution in [-0.2, 0) is 13.1 Å². The molecule has 0 saturated heterocycles. The van der Waals surface area contributed by atoms with Gasteiger partial charge in [0.2, 0.25) is 6.79 Å². The van der Waals surface area contributed by atoms with Crippen molar-refractivity contribution < 1.29 is 19.4 Å². The Balaban J connectivity index is 1.40. The monoisotopic (exact) mass is 368 g/mol. The maximum Gasteiger partial charge on any atom is 0.345 e. The van der Waals surface area contributed by atoms with Crippen LogP contribution >= 0.6 is 11.3 Å². The first-order chi connectivity index (χ1) is 12.7. The second kappa shape index (κ2) is 7.15. The van der Waals surface area contributed by atoms with E-state index in [0.717, 1.165) is 33.3 Å². The van der Waals surface area contributed by atoms with Gasteiger partial charge in [-0.05, 0) is 42.0 Å². The topological polar surface area (TPSA) is 80.7 Å². The third-order valence-electron chi connectivity index (χ3n) is 3.95. The summed E-state index contributed by atoms with van der Waals surface area (Å²) in [5.74, 6) is 0.638. The zero-order valence-electron chi connectivity index (χ0n) is 13.8. The standard InChI is InChI=1S/C19H16N2O4S/c22-19(23)18-7-6-17(26-18)14-3-1-2-13(21-14)10-20-9-12-4-5-15-16(8-12)25-11-24-15/h1-8,20H,9-11H2,(H,22,23). The molecule has 0 atom stereocenters. The van der Waals surface area contributed by atoms with Gasteiger partial charge in [0.25, 0.3) is 0 Å². The minimum Gasteiger partial charge on any atom is -0.477 e. The summed E-state index contributed by atoms with van der Waals surface area (Å²) >= 11 is 1.23. The molecule has 1 aliphatic rings. The number of aromatic nitrogens is 1. The van der Waals surface area contributed by atoms with Gasteiger partial charge < -0.3 is 19.9 Å². The van der Waals surface area contributed by atoms with Crippen LogP contribution in [0, 0.1) is 0 Å². The molecule has 0 fully saturated rings. The van der Waals surface area contributed by atoms with Crippen molar-refractivity contribution >= 4 is 17.3 Å². The summed E-state index contributed by atoms with van der Waals surface area (Å²) in [7, 11) is 0. The summed E-state index contributed by atoms with van der Waals surface area (Å²) in [6.45, 7) is 1.57. The summed E-state index contributed by atoms with van der Waals surface area (Å²) in [6.07, 6.45) is 0. The Labute approximate surface area is 154 Å². The number of nitrogens with one attached hydrogen (secondary N) is 1. The van der Waals surface area contributed by atoms with Gasteiger partial charge in [-0.1, -0.05) is 12.1 Å². The van der Waals surface area contributed by atoms with Gasteiger partial charge in [0.1, 0.15) is 4.88 Å². The summed E-state index contributed by atoms with van der Waals surface area (Å²) in [4.78, 5) is 16.8. The lowest BCUT2D eigenvalue weighted by atomic mass is 10.2. The zero-order chi connectivity index (χ0) is 17.9. The van der Waals surface area contributed by atoms with Crippen LogP contribution in [0.4, 0.5) is 0 Å². The number of aromatic carboxylic acids is 1. The second-order valence-electron chi connectivity index (χ2n) is 5.77. The molecule has 0 spiro atoms. The first kappa shape index (κ1) is 16.6. The van der Waals surface area contributed by atoms with Gasteiger partial charge in [-0.15, -0.1) is 11.3 Å². The number of ether oxygens (including phenoxy) is 2. The minimum absolute atomic E-state index is 0.273. The second-order valence-corrected chi connectivity index (χ2v) is 6.86. The van der Waals surface area contributed by atoms with Crippen LogP contribution in [0.3, 0.4) is 0 Å². The highest BCUT2D eigenvalue weighted by Crippen LogP contribution is 2.32. The number of pyridine rings is 1. The van der Waals surface area contributed by atoms with E-state index in [1.54, 1.807) is 12.1 Å². The molecule has 0 bridgehead atoms. The maximum absolute atomic E-state index is 11.0. The highest BCUT2D eigenvalue weighted by molar-refractivity contribution is 7.17. The average molecular weight is 368 g/mol. The molecule has 2 N–H and O–H groups in total. The van der Waals surface area contributed by atoms with Crippen LogP contribution in [0.25, 0.3) is 10.6 Å². The number of carboxylic acid groups (broad SMARTS) is 1. The number of nitrogens with zero attached hydrogens (tertiary/aromatic N) is 1. The molecule has 3 aromatic rings. The molecule has 0 amide bonds. The van der Waals surface area contributed by atoms with Gasteiger partial charge in [-0.2, -0.15) is 0 Å². The van der Waals surface area contributed by atoms with Gasteiger partial charge in [0.15, 0.2) is 11.5 Å². The summed E-state index contributed by atoms with van der Waals surface area (Å²) in [6, 6.07) is 15.0. The van der Waals surface area contributed by atoms with Gasteiger partial charge in [-0.3, -0.25) is 4.98 Å². The van der Waals surface area contributed by atoms with Crippen molar-refractivity contribution in [1.29, 1.82) is 0 Å². The molecule has 2 aromatic heterocycles. The lowest BCUT2D eigenvalue weighted by Gasteiger charge is -2.07. The first-order valence-electron chi connectivity index (χ1n) is 8.08. The third kappa shape index (κ3) is 3.54. The van der Waals surface area contributed by atoms with E-state index in [1.165, 1.54) is 11.3 Å². The smallest absolute Gasteiger partial charge is 0.345 e. The highest BCUT2D eigenvalue weighted by atomic mass is 32.1. The van der Waals surface area contributed by atoms with Gasteiger partial charge >= 0.3 is 5.97 Å². The molecule has 0 aliphatic carbocycles. The van der Waals surface area contributed by atoms with Crippen LogP contribution < -0.4 is 14.8 Å². The van der Waals surface area contributed by atoms with Crippen LogP contribution in [0.5, 0.6) is 11.5 Å². The normalized spacial score (nSPS) is 12.3. The van der Waals surface area contributed by atoms with E-state index in [0.29, 0.717) is 18.0 Å². The van der Waals surface area contributed by atoms with Gasteiger partial charge in [-0.25, -0.2) is 4.79 Å². The Morgan fingerprint density at radius 1 is 1.12 bits per heavy atom. The molecule has 6 nitrogen and oxygen atoms in total. The fourth-order valence-electron chi connectivity index (χ4n) is 2.69. The first-order valence-corrected chi connectivity index (χ1v) is 8.89. The molecule has 0 unspecified atom stereocenters. The Hall–Kier alpha value is -2.90. The number of benzene rings is 1. The molecule has 1 aromatic carbocycles. The number of carbonyl (C=O) groups is 1. The van der Waals surface area contributed by atoms with E-state index in [1.807, 2.05) is 36.4 Å². The molecule has 0 saturated carbocycles. The lowest BCUT2D eigenvalue weighted by Crippen LogP contribution is -2.13. The van der Waals surface area contributed by atoms with E-state index >= 15 is 0 Å². The molecule has 1 aliphatic heterocycles. The molecule has 26 heavy (non-hydrogen) atoms. The minimum atomic E-state index is -0.914. The van der Waals surface area contributed by atoms with Gasteiger partial charge in [0, 0.05) is 13.1 Å². The highest BCUT2D eigenvalue weighted by Gasteiger charge is 2.13. The molecular weight excluding hydrogens is 352 g/mol. The fourth-order valence-corrected chi connectivity index (χ4v) is 3.51. The summed E-state index contributed by atoms with van der Waals surface area (Å²) < 4.78 is 10.7. The number of hydrogen-bond acceptors (Lipinski definition) is 6. The number of hydrogen-bond donors (Lipinski definition) is 2. The van der Waals surface area contributed by atoms with Crippen molar-refractivity contribution in [3.8, 4) is 22.1 Å². The van der Waals surface area contributed by atoms with Crippen molar-refractivity contribution in [3.05, 3.63) is 64.7 Å². The van der Waals surface area contributed by atoms with Crippen LogP contribution in [0.15, 0.2) is 48.5 Å². The van der Waals surface area contributed by atoms with Crippen molar-refractivity contribution in [2.75, 3.05) is 6.79 Å². The van der Waals surface area contributed by atoms with Crippen molar-refractivity contribution in [2.24, 2.45) is 0 Å². The van der Waals surface area contributed by atoms with Crippen molar-refractivity contribution in [2.45, 2.75) is 13.1 Å². The van der Waals surface area contributed by atoms with E-state index < -0.39 is 5.97 Å². The van der Waals surface area contributed by atoms with E-state index in [2.05, 4.69) is 10.3 Å². The van der Waals surface area contributed by atoms with E-state index in [9.17, 15) is 4.79 Å². The predicted molar refractivity (Wildman–Crippen MR) is 97.6 cm³/mol. The average Bonchev–Trinajstić information content (AvgIpc) is 3.31. The van der Waals surface area contributed by atoms with E-state index in [-0.39, 0.29) is 6.79 Å². The van der Waals surface area contributed by atoms with Crippen LogP contribution in [0.1, 0.15) is 20.9 Å². The van der Waals surface area contributed by atoms with Crippen LogP contribution in [-0.4, -0.2) is 22.9 Å². The Kier molecular flexibility index (Phi) is 4.55. The zero-order valence-corrected chi connectivity index (χ0v) is 14.6. The Morgan fingerprint density at radius 3 is 2.85 bits per heavy atom. The molecule has 4 rings (SSSR count). The van der Waals surface area contributed by atoms with E-state index in [4.69, 9.17) is 14.6 Å². The quantitative estimate of drug-likeness (QED) is 0.693. The Morgan fingerprint density at radius 2 is 2.00 bits per heavy atom. The number of rotatable bonds is 6. The molecular formula is C19H16N2O4S. The maximum atomic E-state index is 11.0.